The highest BCUT2D eigenvalue weighted by Crippen LogP contribution is 2.21. The summed E-state index contributed by atoms with van der Waals surface area (Å²) in [4.78, 5) is 17.3. The molecule has 0 bridgehead atoms. The van der Waals surface area contributed by atoms with E-state index in [2.05, 4.69) is 10.3 Å². The van der Waals surface area contributed by atoms with Crippen LogP contribution in [0.15, 0.2) is 71.3 Å². The minimum atomic E-state index is -0.165. The minimum Gasteiger partial charge on any atom is -0.467 e. The van der Waals surface area contributed by atoms with E-state index in [1.54, 1.807) is 12.3 Å². The molecule has 4 rings (SSSR count). The molecular weight excluding hydrogens is 400 g/mol. The fourth-order valence-corrected chi connectivity index (χ4v) is 3.43. The van der Waals surface area contributed by atoms with Crippen molar-refractivity contribution in [2.45, 2.75) is 26.7 Å². The number of nitrogens with zero attached hydrogens (tertiary/aromatic N) is 1. The number of hydrogen-bond donors (Lipinski definition) is 1. The average Bonchev–Trinajstić information content (AvgIpc) is 3.26. The van der Waals surface area contributed by atoms with Crippen molar-refractivity contribution in [3.63, 3.8) is 0 Å². The standard InChI is InChI=1S/C24H21ClN2O3/c1-16-22(12-19-11-20(25)7-8-23(19)27-16)24(28)26-13-17-4-2-5-18(10-17)14-29-15-21-6-3-9-30-21/h2-12H,13-15H2,1H3,(H,26,28). The van der Waals surface area contributed by atoms with Crippen LogP contribution in [0.2, 0.25) is 5.02 Å². The van der Waals surface area contributed by atoms with Crippen LogP contribution in [0.3, 0.4) is 0 Å². The summed E-state index contributed by atoms with van der Waals surface area (Å²) in [5, 5.41) is 4.43. The number of amides is 1. The van der Waals surface area contributed by atoms with E-state index in [9.17, 15) is 4.79 Å². The number of carbonyl (C=O) groups excluding carboxylic acids is 1. The monoisotopic (exact) mass is 420 g/mol. The molecule has 0 unspecified atom stereocenters. The van der Waals surface area contributed by atoms with E-state index in [4.69, 9.17) is 20.8 Å². The van der Waals surface area contributed by atoms with Crippen LogP contribution in [-0.2, 0) is 24.5 Å². The van der Waals surface area contributed by atoms with Gasteiger partial charge in [0.25, 0.3) is 5.91 Å². The van der Waals surface area contributed by atoms with E-state index >= 15 is 0 Å². The number of aryl methyl sites for hydroxylation is 1. The van der Waals surface area contributed by atoms with E-state index in [-0.39, 0.29) is 5.91 Å². The van der Waals surface area contributed by atoms with Gasteiger partial charge in [0.15, 0.2) is 0 Å². The number of ether oxygens (including phenoxy) is 1. The van der Waals surface area contributed by atoms with Crippen LogP contribution in [-0.4, -0.2) is 10.9 Å². The Kier molecular flexibility index (Phi) is 6.12. The first-order valence-electron chi connectivity index (χ1n) is 9.61. The average molecular weight is 421 g/mol. The number of pyridine rings is 1. The molecule has 6 heteroatoms. The molecule has 152 valence electrons. The third-order valence-electron chi connectivity index (χ3n) is 4.75. The van der Waals surface area contributed by atoms with Crippen LogP contribution >= 0.6 is 11.6 Å². The van der Waals surface area contributed by atoms with Gasteiger partial charge in [-0.25, -0.2) is 0 Å². The van der Waals surface area contributed by atoms with Crippen LogP contribution in [0.1, 0.15) is 32.9 Å². The molecule has 0 saturated heterocycles. The van der Waals surface area contributed by atoms with Crippen molar-refractivity contribution in [1.29, 1.82) is 0 Å². The number of rotatable bonds is 7. The second-order valence-corrected chi connectivity index (χ2v) is 7.47. The molecule has 0 atom stereocenters. The largest absolute Gasteiger partial charge is 0.467 e. The van der Waals surface area contributed by atoms with E-state index < -0.39 is 0 Å². The summed E-state index contributed by atoms with van der Waals surface area (Å²) in [5.74, 6) is 0.625. The Morgan fingerprint density at radius 2 is 1.93 bits per heavy atom. The molecule has 0 aliphatic carbocycles. The van der Waals surface area contributed by atoms with Crippen molar-refractivity contribution in [3.05, 3.63) is 100 Å². The predicted octanol–water partition coefficient (Wildman–Crippen LogP) is 5.44. The topological polar surface area (TPSA) is 64.4 Å². The summed E-state index contributed by atoms with van der Waals surface area (Å²) in [5.41, 5.74) is 4.07. The zero-order chi connectivity index (χ0) is 20.9. The smallest absolute Gasteiger partial charge is 0.253 e. The van der Waals surface area contributed by atoms with Crippen molar-refractivity contribution in [1.82, 2.24) is 10.3 Å². The predicted molar refractivity (Wildman–Crippen MR) is 116 cm³/mol. The molecule has 2 heterocycles. The molecule has 1 amide bonds. The summed E-state index contributed by atoms with van der Waals surface area (Å²) in [7, 11) is 0. The van der Waals surface area contributed by atoms with Gasteiger partial charge in [-0.3, -0.25) is 9.78 Å². The fraction of sp³-hybridized carbons (Fsp3) is 0.167. The molecule has 2 aromatic heterocycles. The molecule has 0 spiro atoms. The summed E-state index contributed by atoms with van der Waals surface area (Å²) in [6.45, 7) is 3.14. The van der Waals surface area contributed by atoms with Crippen molar-refractivity contribution >= 4 is 28.4 Å². The quantitative estimate of drug-likeness (QED) is 0.432. The number of nitrogens with one attached hydrogen (secondary N) is 1. The molecular formula is C24H21ClN2O3. The summed E-state index contributed by atoms with van der Waals surface area (Å²) in [6.07, 6.45) is 1.63. The summed E-state index contributed by atoms with van der Waals surface area (Å²) in [6, 6.07) is 19.0. The lowest BCUT2D eigenvalue weighted by atomic mass is 10.1. The number of halogens is 1. The number of fused-ring (bicyclic) bond motifs is 1. The summed E-state index contributed by atoms with van der Waals surface area (Å²) < 4.78 is 10.9. The third-order valence-corrected chi connectivity index (χ3v) is 4.98. The van der Waals surface area contributed by atoms with Gasteiger partial charge in [-0.15, -0.1) is 0 Å². The van der Waals surface area contributed by atoms with Crippen molar-refractivity contribution in [3.8, 4) is 0 Å². The number of hydrogen-bond acceptors (Lipinski definition) is 4. The second-order valence-electron chi connectivity index (χ2n) is 7.03. The lowest BCUT2D eigenvalue weighted by Gasteiger charge is -2.10. The van der Waals surface area contributed by atoms with Gasteiger partial charge in [-0.2, -0.15) is 0 Å². The van der Waals surface area contributed by atoms with E-state index in [1.165, 1.54) is 0 Å². The van der Waals surface area contributed by atoms with Gasteiger partial charge in [-0.1, -0.05) is 35.9 Å². The van der Waals surface area contributed by atoms with Crippen molar-refractivity contribution in [2.24, 2.45) is 0 Å². The molecule has 0 aliphatic heterocycles. The minimum absolute atomic E-state index is 0.165. The maximum Gasteiger partial charge on any atom is 0.253 e. The lowest BCUT2D eigenvalue weighted by molar-refractivity contribution is 0.0928. The Morgan fingerprint density at radius 3 is 2.77 bits per heavy atom. The number of benzene rings is 2. The highest BCUT2D eigenvalue weighted by molar-refractivity contribution is 6.31. The van der Waals surface area contributed by atoms with Crippen molar-refractivity contribution in [2.75, 3.05) is 0 Å². The number of carbonyl (C=O) groups is 1. The molecule has 1 N–H and O–H groups in total. The van der Waals surface area contributed by atoms with Gasteiger partial charge >= 0.3 is 0 Å². The third kappa shape index (κ3) is 4.87. The molecule has 0 fully saturated rings. The molecule has 4 aromatic rings. The number of aromatic nitrogens is 1. The van der Waals surface area contributed by atoms with Crippen LogP contribution in [0.25, 0.3) is 10.9 Å². The highest BCUT2D eigenvalue weighted by atomic mass is 35.5. The Labute approximate surface area is 179 Å². The molecule has 0 radical (unpaired) electrons. The van der Waals surface area contributed by atoms with Gasteiger partial charge in [0.1, 0.15) is 12.4 Å². The number of furan rings is 1. The first kappa shape index (κ1) is 20.1. The summed E-state index contributed by atoms with van der Waals surface area (Å²) >= 11 is 6.07. The fourth-order valence-electron chi connectivity index (χ4n) is 3.24. The molecule has 0 aliphatic rings. The Balaban J connectivity index is 1.39. The Morgan fingerprint density at radius 1 is 1.07 bits per heavy atom. The molecule has 0 saturated carbocycles. The Hall–Kier alpha value is -3.15. The molecule has 5 nitrogen and oxygen atoms in total. The maximum absolute atomic E-state index is 12.7. The maximum atomic E-state index is 12.7. The van der Waals surface area contributed by atoms with Gasteiger partial charge in [0.2, 0.25) is 0 Å². The van der Waals surface area contributed by atoms with E-state index in [0.29, 0.717) is 36.0 Å². The van der Waals surface area contributed by atoms with Gasteiger partial charge < -0.3 is 14.5 Å². The van der Waals surface area contributed by atoms with Crippen LogP contribution in [0, 0.1) is 6.92 Å². The normalized spacial score (nSPS) is 11.0. The van der Waals surface area contributed by atoms with Crippen LogP contribution in [0.5, 0.6) is 0 Å². The highest BCUT2D eigenvalue weighted by Gasteiger charge is 2.12. The van der Waals surface area contributed by atoms with E-state index in [0.717, 1.165) is 27.8 Å². The van der Waals surface area contributed by atoms with Gasteiger partial charge in [-0.05, 0) is 54.4 Å². The van der Waals surface area contributed by atoms with Gasteiger partial charge in [0, 0.05) is 17.0 Å². The first-order chi connectivity index (χ1) is 14.6. The van der Waals surface area contributed by atoms with Crippen LogP contribution in [0.4, 0.5) is 0 Å². The zero-order valence-electron chi connectivity index (χ0n) is 16.5. The van der Waals surface area contributed by atoms with E-state index in [1.807, 2.05) is 61.5 Å². The van der Waals surface area contributed by atoms with Crippen molar-refractivity contribution < 1.29 is 13.9 Å². The second kappa shape index (κ2) is 9.11. The Bertz CT molecular complexity index is 1170. The first-order valence-corrected chi connectivity index (χ1v) is 9.99. The zero-order valence-corrected chi connectivity index (χ0v) is 17.3. The van der Waals surface area contributed by atoms with Gasteiger partial charge in [0.05, 0.1) is 29.6 Å². The molecule has 30 heavy (non-hydrogen) atoms. The molecule has 2 aromatic carbocycles. The SMILES string of the molecule is Cc1nc2ccc(Cl)cc2cc1C(=O)NCc1cccc(COCc2ccco2)c1. The lowest BCUT2D eigenvalue weighted by Crippen LogP contribution is -2.24. The van der Waals surface area contributed by atoms with Crippen LogP contribution < -0.4 is 5.32 Å².